The van der Waals surface area contributed by atoms with E-state index in [4.69, 9.17) is 4.74 Å². The third-order valence-corrected chi connectivity index (χ3v) is 10.8. The van der Waals surface area contributed by atoms with Crippen LogP contribution in [-0.2, 0) is 14.3 Å². The highest BCUT2D eigenvalue weighted by molar-refractivity contribution is 5.92. The standard InChI is InChI=1S/C28H38O6/c1-16-14-23(34-24(31)19(16)15-29)27(4,32)28(33)13-11-20-18-9-8-17-6-5-7-22(30)26(17,3)21(18)10-12-25(20,28)2/h5-6,8,18,20-21,23,29,32-33H,7,9-15H2,1-4H3. The first-order valence-electron chi connectivity index (χ1n) is 12.8. The third-order valence-electron chi connectivity index (χ3n) is 10.8. The average Bonchev–Trinajstić information content (AvgIpc) is 3.07. The van der Waals surface area contributed by atoms with Gasteiger partial charge < -0.3 is 20.1 Å². The largest absolute Gasteiger partial charge is 0.455 e. The van der Waals surface area contributed by atoms with E-state index in [2.05, 4.69) is 26.0 Å². The number of rotatable bonds is 3. The number of cyclic esters (lactones) is 1. The number of ether oxygens (including phenoxy) is 1. The fraction of sp³-hybridized carbons (Fsp3) is 0.714. The maximum absolute atomic E-state index is 13.1. The molecular formula is C28H38O6. The Hall–Kier alpha value is -1.76. The number of esters is 1. The molecule has 5 aliphatic rings. The lowest BCUT2D eigenvalue weighted by Crippen LogP contribution is -2.68. The smallest absolute Gasteiger partial charge is 0.336 e. The van der Waals surface area contributed by atoms with Gasteiger partial charge in [-0.15, -0.1) is 0 Å². The highest BCUT2D eigenvalue weighted by Gasteiger charge is 2.70. The van der Waals surface area contributed by atoms with Crippen molar-refractivity contribution in [1.82, 2.24) is 0 Å². The molecule has 2 fully saturated rings. The molecule has 6 nitrogen and oxygen atoms in total. The number of hydrogen-bond donors (Lipinski definition) is 3. The van der Waals surface area contributed by atoms with E-state index in [1.807, 2.05) is 6.08 Å². The van der Waals surface area contributed by atoms with Crippen molar-refractivity contribution in [1.29, 1.82) is 0 Å². The Morgan fingerprint density at radius 1 is 1.18 bits per heavy atom. The summed E-state index contributed by atoms with van der Waals surface area (Å²) in [6.45, 7) is 7.18. The first-order valence-corrected chi connectivity index (χ1v) is 12.8. The second-order valence-electron chi connectivity index (χ2n) is 12.0. The Balaban J connectivity index is 1.48. The van der Waals surface area contributed by atoms with E-state index in [0.717, 1.165) is 24.8 Å². The molecule has 0 aromatic carbocycles. The predicted octanol–water partition coefficient (Wildman–Crippen LogP) is 3.40. The number of aliphatic hydroxyl groups excluding tert-OH is 1. The van der Waals surface area contributed by atoms with Crippen molar-refractivity contribution in [2.24, 2.45) is 28.6 Å². The number of hydrogen-bond acceptors (Lipinski definition) is 6. The molecule has 0 aromatic heterocycles. The molecule has 0 saturated heterocycles. The van der Waals surface area contributed by atoms with Crippen LogP contribution in [0.5, 0.6) is 0 Å². The first kappa shape index (κ1) is 24.0. The second kappa shape index (κ2) is 7.62. The van der Waals surface area contributed by atoms with Crippen molar-refractivity contribution < 1.29 is 29.6 Å². The van der Waals surface area contributed by atoms with E-state index in [1.54, 1.807) is 13.8 Å². The summed E-state index contributed by atoms with van der Waals surface area (Å²) in [5.41, 5.74) is -2.04. The molecular weight excluding hydrogens is 432 g/mol. The van der Waals surface area contributed by atoms with Crippen LogP contribution in [0.4, 0.5) is 0 Å². The Kier molecular flexibility index (Phi) is 5.37. The number of carbonyl (C=O) groups is 2. The summed E-state index contributed by atoms with van der Waals surface area (Å²) >= 11 is 0. The molecule has 186 valence electrons. The Labute approximate surface area is 201 Å². The molecule has 1 aliphatic heterocycles. The van der Waals surface area contributed by atoms with Gasteiger partial charge in [0.15, 0.2) is 0 Å². The number of ketones is 1. The van der Waals surface area contributed by atoms with Gasteiger partial charge in [0.1, 0.15) is 23.1 Å². The summed E-state index contributed by atoms with van der Waals surface area (Å²) in [5.74, 6) is 0.338. The summed E-state index contributed by atoms with van der Waals surface area (Å²) in [7, 11) is 0. The van der Waals surface area contributed by atoms with Crippen LogP contribution in [-0.4, -0.2) is 51.0 Å². The lowest BCUT2D eigenvalue weighted by atomic mass is 9.46. The maximum atomic E-state index is 13.1. The van der Waals surface area contributed by atoms with Crippen LogP contribution in [0, 0.1) is 28.6 Å². The van der Waals surface area contributed by atoms with Crippen LogP contribution in [0.1, 0.15) is 72.6 Å². The summed E-state index contributed by atoms with van der Waals surface area (Å²) in [6.07, 6.45) is 9.81. The van der Waals surface area contributed by atoms with Gasteiger partial charge in [0.25, 0.3) is 0 Å². The fourth-order valence-electron chi connectivity index (χ4n) is 8.58. The SMILES string of the molecule is CC1=C(CO)C(=O)OC(C(C)(O)C2(O)CCC3C4CC=C5C=CCC(=O)C5(C)C4CCC32C)C1. The molecule has 0 aromatic rings. The van der Waals surface area contributed by atoms with Gasteiger partial charge in [-0.25, -0.2) is 4.79 Å². The summed E-state index contributed by atoms with van der Waals surface area (Å²) < 4.78 is 5.61. The number of Topliss-reactive ketones (excluding diaryl/α,β-unsaturated/α-hetero) is 1. The summed E-state index contributed by atoms with van der Waals surface area (Å²) in [4.78, 5) is 25.6. The Bertz CT molecular complexity index is 1020. The average molecular weight is 471 g/mol. The second-order valence-corrected chi connectivity index (χ2v) is 12.0. The van der Waals surface area contributed by atoms with Crippen molar-refractivity contribution in [3.63, 3.8) is 0 Å². The minimum Gasteiger partial charge on any atom is -0.455 e. The van der Waals surface area contributed by atoms with Crippen LogP contribution >= 0.6 is 0 Å². The zero-order valence-electron chi connectivity index (χ0n) is 20.8. The highest BCUT2D eigenvalue weighted by Crippen LogP contribution is 2.68. The molecule has 2 saturated carbocycles. The van der Waals surface area contributed by atoms with E-state index in [9.17, 15) is 24.9 Å². The summed E-state index contributed by atoms with van der Waals surface area (Å²) in [5, 5.41) is 33.7. The van der Waals surface area contributed by atoms with Gasteiger partial charge in [0.05, 0.1) is 17.6 Å². The van der Waals surface area contributed by atoms with E-state index in [1.165, 1.54) is 0 Å². The van der Waals surface area contributed by atoms with Gasteiger partial charge in [-0.05, 0) is 76.2 Å². The molecule has 0 spiro atoms. The highest BCUT2D eigenvalue weighted by atomic mass is 16.6. The molecule has 5 rings (SSSR count). The quantitative estimate of drug-likeness (QED) is 0.546. The van der Waals surface area contributed by atoms with Gasteiger partial charge in [0.2, 0.25) is 0 Å². The van der Waals surface area contributed by atoms with Crippen molar-refractivity contribution in [3.8, 4) is 0 Å². The molecule has 8 atom stereocenters. The molecule has 1 heterocycles. The van der Waals surface area contributed by atoms with Crippen molar-refractivity contribution in [2.75, 3.05) is 6.61 Å². The number of fused-ring (bicyclic) bond motifs is 5. The monoisotopic (exact) mass is 470 g/mol. The Morgan fingerprint density at radius 3 is 2.56 bits per heavy atom. The van der Waals surface area contributed by atoms with Gasteiger partial charge in [-0.1, -0.05) is 30.7 Å². The molecule has 6 heteroatoms. The molecule has 8 unspecified atom stereocenters. The first-order chi connectivity index (χ1) is 15.9. The number of allylic oxidation sites excluding steroid dienone is 4. The molecule has 3 N–H and O–H groups in total. The molecule has 34 heavy (non-hydrogen) atoms. The van der Waals surface area contributed by atoms with Crippen molar-refractivity contribution >= 4 is 11.8 Å². The van der Waals surface area contributed by atoms with E-state index < -0.39 is 40.7 Å². The zero-order chi connectivity index (χ0) is 24.7. The van der Waals surface area contributed by atoms with E-state index in [0.29, 0.717) is 24.8 Å². The predicted molar refractivity (Wildman–Crippen MR) is 126 cm³/mol. The minimum atomic E-state index is -1.65. The molecule has 0 amide bonds. The summed E-state index contributed by atoms with van der Waals surface area (Å²) in [6, 6.07) is 0. The normalized spacial score (nSPS) is 45.7. The topological polar surface area (TPSA) is 104 Å². The zero-order valence-corrected chi connectivity index (χ0v) is 20.8. The third kappa shape index (κ3) is 2.85. The van der Waals surface area contributed by atoms with Crippen molar-refractivity contribution in [2.45, 2.75) is 89.9 Å². The van der Waals surface area contributed by atoms with Crippen molar-refractivity contribution in [3.05, 3.63) is 34.9 Å². The van der Waals surface area contributed by atoms with E-state index in [-0.39, 0.29) is 35.5 Å². The van der Waals surface area contributed by atoms with Crippen LogP contribution < -0.4 is 0 Å². The van der Waals surface area contributed by atoms with Crippen LogP contribution in [0.25, 0.3) is 0 Å². The van der Waals surface area contributed by atoms with Gasteiger partial charge in [0, 0.05) is 18.3 Å². The fourth-order valence-corrected chi connectivity index (χ4v) is 8.58. The minimum absolute atomic E-state index is 0.167. The lowest BCUT2D eigenvalue weighted by Gasteiger charge is -2.60. The molecule has 0 radical (unpaired) electrons. The lowest BCUT2D eigenvalue weighted by molar-refractivity contribution is -0.252. The Morgan fingerprint density at radius 2 is 1.88 bits per heavy atom. The van der Waals surface area contributed by atoms with Crippen LogP contribution in [0.15, 0.2) is 34.9 Å². The molecule has 0 bridgehead atoms. The number of aliphatic hydroxyl groups is 3. The van der Waals surface area contributed by atoms with E-state index >= 15 is 0 Å². The van der Waals surface area contributed by atoms with Gasteiger partial charge in [-0.2, -0.15) is 0 Å². The number of carbonyl (C=O) groups excluding carboxylic acids is 2. The van der Waals surface area contributed by atoms with Crippen LogP contribution in [0.2, 0.25) is 0 Å². The van der Waals surface area contributed by atoms with Crippen LogP contribution in [0.3, 0.4) is 0 Å². The van der Waals surface area contributed by atoms with Gasteiger partial charge >= 0.3 is 5.97 Å². The maximum Gasteiger partial charge on any atom is 0.336 e. The van der Waals surface area contributed by atoms with Gasteiger partial charge in [-0.3, -0.25) is 4.79 Å². The molecule has 4 aliphatic carbocycles.